The Labute approximate surface area is 133 Å². The second kappa shape index (κ2) is 6.99. The first-order valence-electron chi connectivity index (χ1n) is 7.01. The molecular weight excluding hydrogens is 304 g/mol. The highest BCUT2D eigenvalue weighted by Gasteiger charge is 2.31. The minimum atomic E-state index is -0.902. The monoisotopic (exact) mass is 322 g/mol. The summed E-state index contributed by atoms with van der Waals surface area (Å²) < 4.78 is 9.79. The number of methoxy groups -OCH3 is 2. The van der Waals surface area contributed by atoms with Gasteiger partial charge in [0.25, 0.3) is 0 Å². The van der Waals surface area contributed by atoms with Crippen LogP contribution < -0.4 is 10.1 Å². The molecule has 1 saturated heterocycles. The Hall–Kier alpha value is -2.77. The summed E-state index contributed by atoms with van der Waals surface area (Å²) in [5, 5.41) is 11.6. The molecule has 1 aromatic carbocycles. The number of carboxylic acid groups (broad SMARTS) is 1. The zero-order valence-corrected chi connectivity index (χ0v) is 12.9. The Morgan fingerprint density at radius 1 is 1.30 bits per heavy atom. The van der Waals surface area contributed by atoms with Crippen LogP contribution in [0.5, 0.6) is 5.75 Å². The van der Waals surface area contributed by atoms with Crippen LogP contribution in [0.15, 0.2) is 18.2 Å². The standard InChI is InChI=1S/C15H18N2O6/c1-22-12-7-9(14(20)23-2)3-4-11(12)16-15(21)17-6-5-10(8-17)13(18)19/h3-4,7,10H,5-6,8H2,1-2H3,(H,16,21)(H,18,19). The Balaban J connectivity index is 2.09. The number of urea groups is 1. The predicted octanol–water partition coefficient (Wildman–Crippen LogP) is 1.42. The van der Waals surface area contributed by atoms with Gasteiger partial charge in [-0.25, -0.2) is 9.59 Å². The predicted molar refractivity (Wildman–Crippen MR) is 80.7 cm³/mol. The fourth-order valence-corrected chi connectivity index (χ4v) is 2.38. The van der Waals surface area contributed by atoms with E-state index in [1.165, 1.54) is 37.3 Å². The summed E-state index contributed by atoms with van der Waals surface area (Å²) in [6, 6.07) is 4.10. The Bertz CT molecular complexity index is 630. The van der Waals surface area contributed by atoms with Crippen LogP contribution in [-0.4, -0.2) is 55.3 Å². The van der Waals surface area contributed by atoms with E-state index in [0.29, 0.717) is 30.0 Å². The van der Waals surface area contributed by atoms with Crippen molar-refractivity contribution < 1.29 is 29.0 Å². The van der Waals surface area contributed by atoms with E-state index in [1.807, 2.05) is 0 Å². The summed E-state index contributed by atoms with van der Waals surface area (Å²) >= 11 is 0. The maximum atomic E-state index is 12.2. The van der Waals surface area contributed by atoms with Gasteiger partial charge in [-0.3, -0.25) is 4.79 Å². The molecule has 23 heavy (non-hydrogen) atoms. The van der Waals surface area contributed by atoms with E-state index < -0.39 is 23.9 Å². The average Bonchev–Trinajstić information content (AvgIpc) is 3.04. The molecule has 1 aromatic rings. The lowest BCUT2D eigenvalue weighted by Crippen LogP contribution is -2.33. The summed E-state index contributed by atoms with van der Waals surface area (Å²) in [5.74, 6) is -1.63. The van der Waals surface area contributed by atoms with Crippen molar-refractivity contribution in [2.24, 2.45) is 5.92 Å². The lowest BCUT2D eigenvalue weighted by molar-refractivity contribution is -0.141. The van der Waals surface area contributed by atoms with Crippen LogP contribution in [0.25, 0.3) is 0 Å². The lowest BCUT2D eigenvalue weighted by Gasteiger charge is -2.18. The second-order valence-corrected chi connectivity index (χ2v) is 5.11. The SMILES string of the molecule is COC(=O)c1ccc(NC(=O)N2CCC(C(=O)O)C2)c(OC)c1. The molecule has 124 valence electrons. The van der Waals surface area contributed by atoms with E-state index in [1.54, 1.807) is 0 Å². The van der Waals surface area contributed by atoms with Crippen LogP contribution in [0.1, 0.15) is 16.8 Å². The van der Waals surface area contributed by atoms with E-state index in [0.717, 1.165) is 0 Å². The largest absolute Gasteiger partial charge is 0.495 e. The van der Waals surface area contributed by atoms with Crippen molar-refractivity contribution in [3.8, 4) is 5.75 Å². The first-order chi connectivity index (χ1) is 11.0. The van der Waals surface area contributed by atoms with E-state index in [-0.39, 0.29) is 6.54 Å². The molecule has 1 unspecified atom stereocenters. The molecule has 0 aliphatic carbocycles. The number of carbonyl (C=O) groups is 3. The van der Waals surface area contributed by atoms with Crippen LogP contribution in [0.2, 0.25) is 0 Å². The smallest absolute Gasteiger partial charge is 0.337 e. The number of anilines is 1. The van der Waals surface area contributed by atoms with Gasteiger partial charge in [0.1, 0.15) is 5.75 Å². The molecule has 0 aromatic heterocycles. The molecule has 1 aliphatic rings. The number of esters is 1. The number of nitrogens with one attached hydrogen (secondary N) is 1. The highest BCUT2D eigenvalue weighted by molar-refractivity contribution is 5.94. The fraction of sp³-hybridized carbons (Fsp3) is 0.400. The molecule has 0 radical (unpaired) electrons. The Kier molecular flexibility index (Phi) is 5.05. The number of hydrogen-bond donors (Lipinski definition) is 2. The van der Waals surface area contributed by atoms with Gasteiger partial charge in [0.15, 0.2) is 0 Å². The van der Waals surface area contributed by atoms with Gasteiger partial charge in [0, 0.05) is 13.1 Å². The minimum Gasteiger partial charge on any atom is -0.495 e. The number of likely N-dealkylation sites (tertiary alicyclic amines) is 1. The van der Waals surface area contributed by atoms with E-state index >= 15 is 0 Å². The van der Waals surface area contributed by atoms with Crippen molar-refractivity contribution in [3.05, 3.63) is 23.8 Å². The van der Waals surface area contributed by atoms with Crippen LogP contribution in [-0.2, 0) is 9.53 Å². The number of ether oxygens (including phenoxy) is 2. The topological polar surface area (TPSA) is 105 Å². The van der Waals surface area contributed by atoms with E-state index in [2.05, 4.69) is 10.1 Å². The molecule has 1 fully saturated rings. The molecule has 1 aliphatic heterocycles. The maximum absolute atomic E-state index is 12.2. The van der Waals surface area contributed by atoms with Crippen molar-refractivity contribution in [3.63, 3.8) is 0 Å². The highest BCUT2D eigenvalue weighted by Crippen LogP contribution is 2.27. The molecule has 0 saturated carbocycles. The molecule has 2 rings (SSSR count). The molecular formula is C15H18N2O6. The van der Waals surface area contributed by atoms with Crippen molar-refractivity contribution in [1.82, 2.24) is 4.90 Å². The summed E-state index contributed by atoms with van der Waals surface area (Å²) in [4.78, 5) is 36.1. The third kappa shape index (κ3) is 3.71. The van der Waals surface area contributed by atoms with Crippen molar-refractivity contribution in [2.45, 2.75) is 6.42 Å². The molecule has 2 N–H and O–H groups in total. The van der Waals surface area contributed by atoms with Gasteiger partial charge < -0.3 is 24.8 Å². The molecule has 1 atom stereocenters. The fourth-order valence-electron chi connectivity index (χ4n) is 2.38. The van der Waals surface area contributed by atoms with Gasteiger partial charge in [0.05, 0.1) is 31.4 Å². The Morgan fingerprint density at radius 2 is 2.04 bits per heavy atom. The first-order valence-corrected chi connectivity index (χ1v) is 7.01. The van der Waals surface area contributed by atoms with Crippen LogP contribution in [0.4, 0.5) is 10.5 Å². The zero-order valence-electron chi connectivity index (χ0n) is 12.9. The van der Waals surface area contributed by atoms with E-state index in [4.69, 9.17) is 9.84 Å². The van der Waals surface area contributed by atoms with Gasteiger partial charge in [-0.1, -0.05) is 0 Å². The van der Waals surface area contributed by atoms with Crippen molar-refractivity contribution in [1.29, 1.82) is 0 Å². The maximum Gasteiger partial charge on any atom is 0.337 e. The number of carbonyl (C=O) groups excluding carboxylic acids is 2. The van der Waals surface area contributed by atoms with Gasteiger partial charge in [-0.15, -0.1) is 0 Å². The summed E-state index contributed by atoms with van der Waals surface area (Å²) in [6.45, 7) is 0.551. The lowest BCUT2D eigenvalue weighted by atomic mass is 10.1. The third-order valence-electron chi connectivity index (χ3n) is 3.69. The molecule has 0 bridgehead atoms. The number of nitrogens with zero attached hydrogens (tertiary/aromatic N) is 1. The van der Waals surface area contributed by atoms with Crippen molar-refractivity contribution in [2.75, 3.05) is 32.6 Å². The molecule has 1 heterocycles. The van der Waals surface area contributed by atoms with Gasteiger partial charge in [-0.2, -0.15) is 0 Å². The van der Waals surface area contributed by atoms with Gasteiger partial charge >= 0.3 is 18.0 Å². The number of rotatable bonds is 4. The van der Waals surface area contributed by atoms with Crippen molar-refractivity contribution >= 4 is 23.7 Å². The van der Waals surface area contributed by atoms with Gasteiger partial charge in [-0.05, 0) is 24.6 Å². The summed E-state index contributed by atoms with van der Waals surface area (Å²) in [5.41, 5.74) is 0.693. The number of benzene rings is 1. The van der Waals surface area contributed by atoms with Crippen LogP contribution in [0, 0.1) is 5.92 Å². The Morgan fingerprint density at radius 3 is 2.61 bits per heavy atom. The van der Waals surface area contributed by atoms with Crippen LogP contribution >= 0.6 is 0 Å². The van der Waals surface area contributed by atoms with E-state index in [9.17, 15) is 14.4 Å². The quantitative estimate of drug-likeness (QED) is 0.812. The number of amides is 2. The number of aliphatic carboxylic acids is 1. The molecule has 2 amide bonds. The number of carboxylic acids is 1. The third-order valence-corrected chi connectivity index (χ3v) is 3.69. The highest BCUT2D eigenvalue weighted by atomic mass is 16.5. The molecule has 0 spiro atoms. The minimum absolute atomic E-state index is 0.170. The average molecular weight is 322 g/mol. The zero-order chi connectivity index (χ0) is 17.0. The first kappa shape index (κ1) is 16.6. The number of hydrogen-bond acceptors (Lipinski definition) is 5. The molecule has 8 nitrogen and oxygen atoms in total. The molecule has 8 heteroatoms. The summed E-state index contributed by atoms with van der Waals surface area (Å²) in [6.07, 6.45) is 0.432. The summed E-state index contributed by atoms with van der Waals surface area (Å²) in [7, 11) is 2.69. The second-order valence-electron chi connectivity index (χ2n) is 5.11. The van der Waals surface area contributed by atoms with Gasteiger partial charge in [0.2, 0.25) is 0 Å². The normalized spacial score (nSPS) is 16.8. The van der Waals surface area contributed by atoms with Crippen LogP contribution in [0.3, 0.4) is 0 Å².